The Hall–Kier alpha value is -2.21. The van der Waals surface area contributed by atoms with Crippen LogP contribution in [0.4, 0.5) is 0 Å². The lowest BCUT2D eigenvalue weighted by Crippen LogP contribution is -1.97. The summed E-state index contributed by atoms with van der Waals surface area (Å²) in [6, 6.07) is 7.33. The van der Waals surface area contributed by atoms with Gasteiger partial charge in [0.1, 0.15) is 5.82 Å². The summed E-state index contributed by atoms with van der Waals surface area (Å²) in [7, 11) is 0. The van der Waals surface area contributed by atoms with E-state index in [4.69, 9.17) is 5.11 Å². The SMILES string of the molecule is Cc1ccc(-c2nc3nccc(C(=O)O)c3[nH]2)c(Br)c1. The Morgan fingerprint density at radius 3 is 2.85 bits per heavy atom. The first-order valence-corrected chi connectivity index (χ1v) is 6.70. The zero-order chi connectivity index (χ0) is 14.3. The molecule has 0 bridgehead atoms. The van der Waals surface area contributed by atoms with Crippen LogP contribution in [0.5, 0.6) is 0 Å². The summed E-state index contributed by atoms with van der Waals surface area (Å²) < 4.78 is 0.897. The summed E-state index contributed by atoms with van der Waals surface area (Å²) >= 11 is 3.49. The van der Waals surface area contributed by atoms with E-state index >= 15 is 0 Å². The molecule has 2 aromatic heterocycles. The van der Waals surface area contributed by atoms with Gasteiger partial charge in [-0.1, -0.05) is 22.0 Å². The standard InChI is InChI=1S/C14H10BrN3O2/c1-7-2-3-8(10(15)6-7)12-17-11-9(14(19)20)4-5-16-13(11)18-12/h2-6H,1H3,(H,19,20)(H,16,17,18). The molecule has 0 unspecified atom stereocenters. The second kappa shape index (κ2) is 4.72. The minimum absolute atomic E-state index is 0.164. The highest BCUT2D eigenvalue weighted by Gasteiger charge is 2.15. The van der Waals surface area contributed by atoms with E-state index in [1.54, 1.807) is 0 Å². The van der Waals surface area contributed by atoms with Crippen LogP contribution in [-0.4, -0.2) is 26.0 Å². The molecular formula is C14H10BrN3O2. The monoisotopic (exact) mass is 331 g/mol. The van der Waals surface area contributed by atoms with E-state index < -0.39 is 5.97 Å². The van der Waals surface area contributed by atoms with Crippen molar-refractivity contribution >= 4 is 33.1 Å². The second-order valence-corrected chi connectivity index (χ2v) is 5.29. The molecule has 0 fully saturated rings. The molecule has 3 aromatic rings. The molecule has 0 saturated heterocycles. The Morgan fingerprint density at radius 1 is 1.35 bits per heavy atom. The number of nitrogens with one attached hydrogen (secondary N) is 1. The van der Waals surface area contributed by atoms with Gasteiger partial charge in [-0.2, -0.15) is 0 Å². The Bertz CT molecular complexity index is 826. The van der Waals surface area contributed by atoms with Crippen LogP contribution in [0.25, 0.3) is 22.6 Å². The maximum Gasteiger partial charge on any atom is 0.338 e. The molecule has 0 aliphatic heterocycles. The molecule has 20 heavy (non-hydrogen) atoms. The van der Waals surface area contributed by atoms with Crippen molar-refractivity contribution in [2.75, 3.05) is 0 Å². The van der Waals surface area contributed by atoms with Crippen molar-refractivity contribution in [1.29, 1.82) is 0 Å². The smallest absolute Gasteiger partial charge is 0.338 e. The quantitative estimate of drug-likeness (QED) is 0.754. The zero-order valence-electron chi connectivity index (χ0n) is 10.5. The Morgan fingerprint density at radius 2 is 2.15 bits per heavy atom. The van der Waals surface area contributed by atoms with Crippen LogP contribution in [-0.2, 0) is 0 Å². The zero-order valence-corrected chi connectivity index (χ0v) is 12.1. The molecule has 6 heteroatoms. The van der Waals surface area contributed by atoms with Gasteiger partial charge in [0.15, 0.2) is 5.65 Å². The lowest BCUT2D eigenvalue weighted by Gasteiger charge is -2.01. The Labute approximate surface area is 122 Å². The molecule has 0 atom stereocenters. The van der Waals surface area contributed by atoms with E-state index in [0.29, 0.717) is 17.0 Å². The number of pyridine rings is 1. The summed E-state index contributed by atoms with van der Waals surface area (Å²) in [6.07, 6.45) is 1.45. The number of hydrogen-bond acceptors (Lipinski definition) is 3. The van der Waals surface area contributed by atoms with Crippen molar-refractivity contribution in [3.8, 4) is 11.4 Å². The van der Waals surface area contributed by atoms with E-state index in [9.17, 15) is 4.79 Å². The number of rotatable bonds is 2. The van der Waals surface area contributed by atoms with Crippen LogP contribution in [0.3, 0.4) is 0 Å². The average Bonchev–Trinajstić information content (AvgIpc) is 2.81. The molecule has 5 nitrogen and oxygen atoms in total. The maximum atomic E-state index is 11.2. The molecule has 0 spiro atoms. The van der Waals surface area contributed by atoms with Crippen molar-refractivity contribution in [2.45, 2.75) is 6.92 Å². The molecule has 1 aromatic carbocycles. The van der Waals surface area contributed by atoms with Crippen LogP contribution in [0, 0.1) is 6.92 Å². The minimum atomic E-state index is -1.00. The van der Waals surface area contributed by atoms with E-state index in [1.807, 2.05) is 25.1 Å². The molecule has 0 amide bonds. The number of halogens is 1. The normalized spacial score (nSPS) is 10.9. The van der Waals surface area contributed by atoms with Crippen molar-refractivity contribution in [3.05, 3.63) is 46.1 Å². The van der Waals surface area contributed by atoms with Gasteiger partial charge < -0.3 is 10.1 Å². The molecule has 2 heterocycles. The van der Waals surface area contributed by atoms with Crippen molar-refractivity contribution < 1.29 is 9.90 Å². The van der Waals surface area contributed by atoms with Gasteiger partial charge in [-0.25, -0.2) is 14.8 Å². The highest BCUT2D eigenvalue weighted by Crippen LogP contribution is 2.28. The van der Waals surface area contributed by atoms with Gasteiger partial charge >= 0.3 is 5.97 Å². The van der Waals surface area contributed by atoms with Crippen LogP contribution in [0.1, 0.15) is 15.9 Å². The van der Waals surface area contributed by atoms with Gasteiger partial charge in [-0.3, -0.25) is 0 Å². The molecule has 0 aliphatic rings. The predicted octanol–water partition coefficient (Wildman–Crippen LogP) is 3.39. The van der Waals surface area contributed by atoms with Crippen molar-refractivity contribution in [1.82, 2.24) is 15.0 Å². The summed E-state index contributed by atoms with van der Waals surface area (Å²) in [5.74, 6) is -0.413. The Kier molecular flexibility index (Phi) is 3.02. The molecule has 3 rings (SSSR count). The molecular weight excluding hydrogens is 322 g/mol. The van der Waals surface area contributed by atoms with Crippen molar-refractivity contribution in [2.24, 2.45) is 0 Å². The number of carbonyl (C=O) groups is 1. The number of carboxylic acid groups (broad SMARTS) is 1. The average molecular weight is 332 g/mol. The van der Waals surface area contributed by atoms with Crippen LogP contribution >= 0.6 is 15.9 Å². The topological polar surface area (TPSA) is 78.9 Å². The lowest BCUT2D eigenvalue weighted by atomic mass is 10.1. The van der Waals surface area contributed by atoms with Crippen LogP contribution in [0.15, 0.2) is 34.9 Å². The minimum Gasteiger partial charge on any atom is -0.478 e. The number of benzene rings is 1. The van der Waals surface area contributed by atoms with Gasteiger partial charge in [0.25, 0.3) is 0 Å². The summed E-state index contributed by atoms with van der Waals surface area (Å²) in [6.45, 7) is 2.00. The van der Waals surface area contributed by atoms with Gasteiger partial charge in [0, 0.05) is 16.2 Å². The lowest BCUT2D eigenvalue weighted by molar-refractivity contribution is 0.0699. The van der Waals surface area contributed by atoms with Crippen LogP contribution in [0.2, 0.25) is 0 Å². The van der Waals surface area contributed by atoms with E-state index in [-0.39, 0.29) is 5.56 Å². The third kappa shape index (κ3) is 2.08. The number of aromatic nitrogens is 3. The predicted molar refractivity (Wildman–Crippen MR) is 78.7 cm³/mol. The molecule has 0 radical (unpaired) electrons. The first kappa shape index (κ1) is 12.8. The van der Waals surface area contributed by atoms with E-state index in [1.165, 1.54) is 12.3 Å². The molecule has 100 valence electrons. The first-order valence-electron chi connectivity index (χ1n) is 5.91. The summed E-state index contributed by atoms with van der Waals surface area (Å²) in [5, 5.41) is 9.17. The van der Waals surface area contributed by atoms with E-state index in [0.717, 1.165) is 15.6 Å². The third-order valence-electron chi connectivity index (χ3n) is 3.00. The van der Waals surface area contributed by atoms with Gasteiger partial charge in [0.2, 0.25) is 0 Å². The number of imidazole rings is 1. The maximum absolute atomic E-state index is 11.2. The molecule has 0 aliphatic carbocycles. The van der Waals surface area contributed by atoms with Gasteiger partial charge in [-0.15, -0.1) is 0 Å². The largest absolute Gasteiger partial charge is 0.478 e. The third-order valence-corrected chi connectivity index (χ3v) is 3.66. The highest BCUT2D eigenvalue weighted by molar-refractivity contribution is 9.10. The highest BCUT2D eigenvalue weighted by atomic mass is 79.9. The Balaban J connectivity index is 2.23. The number of aromatic carboxylic acids is 1. The number of aromatic amines is 1. The number of fused-ring (bicyclic) bond motifs is 1. The number of hydrogen-bond donors (Lipinski definition) is 2. The fourth-order valence-corrected chi connectivity index (χ4v) is 2.71. The summed E-state index contributed by atoms with van der Waals surface area (Å²) in [4.78, 5) is 22.7. The van der Waals surface area contributed by atoms with E-state index in [2.05, 4.69) is 30.9 Å². The number of H-pyrrole nitrogens is 1. The van der Waals surface area contributed by atoms with Gasteiger partial charge in [0.05, 0.1) is 11.1 Å². The molecule has 2 N–H and O–H groups in total. The molecule has 0 saturated carbocycles. The first-order chi connectivity index (χ1) is 9.56. The number of aryl methyl sites for hydroxylation is 1. The van der Waals surface area contributed by atoms with Gasteiger partial charge in [-0.05, 0) is 30.7 Å². The van der Waals surface area contributed by atoms with Crippen molar-refractivity contribution in [3.63, 3.8) is 0 Å². The van der Waals surface area contributed by atoms with Crippen LogP contribution < -0.4 is 0 Å². The number of carboxylic acids is 1. The number of nitrogens with zero attached hydrogens (tertiary/aromatic N) is 2. The second-order valence-electron chi connectivity index (χ2n) is 4.43. The fraction of sp³-hybridized carbons (Fsp3) is 0.0714. The fourth-order valence-electron chi connectivity index (χ4n) is 2.03. The summed E-state index contributed by atoms with van der Waals surface area (Å²) in [5.41, 5.74) is 2.98.